The maximum Gasteiger partial charge on any atom is 0.235 e. The lowest BCUT2D eigenvalue weighted by atomic mass is 10.4. The molecule has 0 spiro atoms. The zero-order valence-corrected chi connectivity index (χ0v) is 6.65. The van der Waals surface area contributed by atoms with Gasteiger partial charge in [0, 0.05) is 24.2 Å². The molecule has 2 heterocycles. The van der Waals surface area contributed by atoms with Gasteiger partial charge in [-0.15, -0.1) is 0 Å². The Morgan fingerprint density at radius 1 is 1.58 bits per heavy atom. The number of hydrogen-bond acceptors (Lipinski definition) is 4. The van der Waals surface area contributed by atoms with E-state index in [-0.39, 0.29) is 0 Å². The standard InChI is InChI=1S/C7H9N5/c1-5-4-6(11-8)12-3-2-9-7(12)10-5/h2-4,11H,8H2,1H3. The summed E-state index contributed by atoms with van der Waals surface area (Å²) in [5.74, 6) is 6.76. The first kappa shape index (κ1) is 7.05. The van der Waals surface area contributed by atoms with Crippen molar-refractivity contribution in [3.8, 4) is 0 Å². The molecule has 2 aromatic heterocycles. The second-order valence-corrected chi connectivity index (χ2v) is 2.52. The Morgan fingerprint density at radius 2 is 2.42 bits per heavy atom. The molecular weight excluding hydrogens is 154 g/mol. The Morgan fingerprint density at radius 3 is 3.17 bits per heavy atom. The smallest absolute Gasteiger partial charge is 0.235 e. The van der Waals surface area contributed by atoms with Crippen molar-refractivity contribution in [3.05, 3.63) is 24.2 Å². The highest BCUT2D eigenvalue weighted by Crippen LogP contribution is 2.09. The van der Waals surface area contributed by atoms with Crippen molar-refractivity contribution in [2.75, 3.05) is 5.43 Å². The Bertz CT molecular complexity index is 405. The molecule has 0 aliphatic heterocycles. The van der Waals surface area contributed by atoms with Crippen LogP contribution in [0, 0.1) is 6.92 Å². The van der Waals surface area contributed by atoms with Crippen LogP contribution >= 0.6 is 0 Å². The van der Waals surface area contributed by atoms with Gasteiger partial charge in [-0.25, -0.2) is 15.8 Å². The maximum absolute atomic E-state index is 5.32. The highest BCUT2D eigenvalue weighted by atomic mass is 15.3. The molecule has 0 aliphatic carbocycles. The van der Waals surface area contributed by atoms with E-state index in [1.165, 1.54) is 0 Å². The molecule has 0 saturated heterocycles. The van der Waals surface area contributed by atoms with Gasteiger partial charge in [0.05, 0.1) is 0 Å². The number of imidazole rings is 1. The molecule has 0 saturated carbocycles. The third-order valence-corrected chi connectivity index (χ3v) is 1.65. The number of rotatable bonds is 1. The van der Waals surface area contributed by atoms with Crippen LogP contribution in [0.2, 0.25) is 0 Å². The number of nitrogen functional groups attached to an aromatic ring is 1. The van der Waals surface area contributed by atoms with E-state index >= 15 is 0 Å². The summed E-state index contributed by atoms with van der Waals surface area (Å²) in [6.07, 6.45) is 3.49. The highest BCUT2D eigenvalue weighted by Gasteiger charge is 2.00. The number of nitrogens with zero attached hydrogens (tertiary/aromatic N) is 3. The fourth-order valence-corrected chi connectivity index (χ4v) is 1.13. The van der Waals surface area contributed by atoms with Crippen LogP contribution in [0.3, 0.4) is 0 Å². The number of hydrogen-bond donors (Lipinski definition) is 2. The normalized spacial score (nSPS) is 10.5. The number of hydrazine groups is 1. The Kier molecular flexibility index (Phi) is 1.44. The summed E-state index contributed by atoms with van der Waals surface area (Å²) >= 11 is 0. The molecule has 62 valence electrons. The van der Waals surface area contributed by atoms with E-state index in [1.807, 2.05) is 13.0 Å². The van der Waals surface area contributed by atoms with E-state index in [0.29, 0.717) is 5.78 Å². The van der Waals surface area contributed by atoms with E-state index in [9.17, 15) is 0 Å². The number of aryl methyl sites for hydroxylation is 1. The Hall–Kier alpha value is -1.62. The van der Waals surface area contributed by atoms with Gasteiger partial charge in [-0.2, -0.15) is 0 Å². The molecule has 0 unspecified atom stereocenters. The molecule has 5 nitrogen and oxygen atoms in total. The summed E-state index contributed by atoms with van der Waals surface area (Å²) in [5, 5.41) is 0. The van der Waals surface area contributed by atoms with Crippen molar-refractivity contribution in [1.29, 1.82) is 0 Å². The largest absolute Gasteiger partial charge is 0.309 e. The van der Waals surface area contributed by atoms with Gasteiger partial charge in [0.2, 0.25) is 5.78 Å². The third kappa shape index (κ3) is 0.911. The van der Waals surface area contributed by atoms with Crippen LogP contribution in [0.4, 0.5) is 5.82 Å². The SMILES string of the molecule is Cc1cc(NN)n2ccnc2n1. The number of nitrogens with one attached hydrogen (secondary N) is 1. The van der Waals surface area contributed by atoms with Crippen molar-refractivity contribution < 1.29 is 0 Å². The van der Waals surface area contributed by atoms with Crippen LogP contribution in [0.5, 0.6) is 0 Å². The quantitative estimate of drug-likeness (QED) is 0.469. The minimum absolute atomic E-state index is 0.656. The molecule has 5 heteroatoms. The third-order valence-electron chi connectivity index (χ3n) is 1.65. The van der Waals surface area contributed by atoms with Crippen molar-refractivity contribution in [1.82, 2.24) is 14.4 Å². The predicted octanol–water partition coefficient (Wildman–Crippen LogP) is 0.323. The van der Waals surface area contributed by atoms with Gasteiger partial charge in [-0.1, -0.05) is 0 Å². The number of nitrogens with two attached hydrogens (primary N) is 1. The summed E-state index contributed by atoms with van der Waals surface area (Å²) in [6.45, 7) is 1.90. The zero-order chi connectivity index (χ0) is 8.55. The number of aromatic nitrogens is 3. The average molecular weight is 163 g/mol. The minimum atomic E-state index is 0.656. The molecule has 0 amide bonds. The van der Waals surface area contributed by atoms with Crippen molar-refractivity contribution in [2.45, 2.75) is 6.92 Å². The topological polar surface area (TPSA) is 68.2 Å². The second-order valence-electron chi connectivity index (χ2n) is 2.52. The molecule has 3 N–H and O–H groups in total. The fraction of sp³-hybridized carbons (Fsp3) is 0.143. The zero-order valence-electron chi connectivity index (χ0n) is 6.65. The van der Waals surface area contributed by atoms with Crippen molar-refractivity contribution in [3.63, 3.8) is 0 Å². The van der Waals surface area contributed by atoms with Crippen LogP contribution < -0.4 is 11.3 Å². The molecule has 0 aliphatic rings. The summed E-state index contributed by atoms with van der Waals surface area (Å²) in [5.41, 5.74) is 3.47. The van der Waals surface area contributed by atoms with E-state index in [2.05, 4.69) is 15.4 Å². The number of fused-ring (bicyclic) bond motifs is 1. The summed E-state index contributed by atoms with van der Waals surface area (Å²) in [4.78, 5) is 8.25. The van der Waals surface area contributed by atoms with Crippen LogP contribution in [0.1, 0.15) is 5.69 Å². The van der Waals surface area contributed by atoms with Gasteiger partial charge in [0.25, 0.3) is 0 Å². The molecule has 0 radical (unpaired) electrons. The van der Waals surface area contributed by atoms with E-state index < -0.39 is 0 Å². The molecule has 0 aromatic carbocycles. The first-order chi connectivity index (χ1) is 5.81. The lowest BCUT2D eigenvalue weighted by Gasteiger charge is -2.03. The predicted molar refractivity (Wildman–Crippen MR) is 45.5 cm³/mol. The van der Waals surface area contributed by atoms with Gasteiger partial charge in [0.1, 0.15) is 5.82 Å². The first-order valence-corrected chi connectivity index (χ1v) is 3.58. The molecule has 2 aromatic rings. The first-order valence-electron chi connectivity index (χ1n) is 3.58. The molecular formula is C7H9N5. The summed E-state index contributed by atoms with van der Waals surface area (Å²) in [6, 6.07) is 1.86. The molecule has 12 heavy (non-hydrogen) atoms. The monoisotopic (exact) mass is 163 g/mol. The summed E-state index contributed by atoms with van der Waals surface area (Å²) in [7, 11) is 0. The lowest BCUT2D eigenvalue weighted by molar-refractivity contribution is 1.05. The van der Waals surface area contributed by atoms with Crippen LogP contribution in [-0.2, 0) is 0 Å². The Balaban J connectivity index is 2.80. The molecule has 0 bridgehead atoms. The maximum atomic E-state index is 5.32. The van der Waals surface area contributed by atoms with Gasteiger partial charge in [0.15, 0.2) is 0 Å². The number of anilines is 1. The van der Waals surface area contributed by atoms with Crippen LogP contribution in [0.15, 0.2) is 18.5 Å². The van der Waals surface area contributed by atoms with Crippen LogP contribution in [-0.4, -0.2) is 14.4 Å². The lowest BCUT2D eigenvalue weighted by Crippen LogP contribution is -2.11. The van der Waals surface area contributed by atoms with Gasteiger partial charge >= 0.3 is 0 Å². The van der Waals surface area contributed by atoms with E-state index in [1.54, 1.807) is 16.8 Å². The van der Waals surface area contributed by atoms with E-state index in [0.717, 1.165) is 11.5 Å². The van der Waals surface area contributed by atoms with E-state index in [4.69, 9.17) is 5.84 Å². The van der Waals surface area contributed by atoms with Gasteiger partial charge < -0.3 is 5.43 Å². The second kappa shape index (κ2) is 2.46. The van der Waals surface area contributed by atoms with Crippen molar-refractivity contribution in [2.24, 2.45) is 5.84 Å². The van der Waals surface area contributed by atoms with Gasteiger partial charge in [-0.3, -0.25) is 4.40 Å². The average Bonchev–Trinajstić information content (AvgIpc) is 2.50. The van der Waals surface area contributed by atoms with Crippen molar-refractivity contribution >= 4 is 11.6 Å². The fourth-order valence-electron chi connectivity index (χ4n) is 1.13. The van der Waals surface area contributed by atoms with Crippen LogP contribution in [0.25, 0.3) is 5.78 Å². The molecule has 0 fully saturated rings. The minimum Gasteiger partial charge on any atom is -0.309 e. The molecule has 2 rings (SSSR count). The summed E-state index contributed by atoms with van der Waals surface area (Å²) < 4.78 is 1.78. The molecule has 0 atom stereocenters. The Labute approximate surface area is 69.2 Å². The highest BCUT2D eigenvalue weighted by molar-refractivity contribution is 5.45. The van der Waals surface area contributed by atoms with Gasteiger partial charge in [-0.05, 0) is 6.92 Å².